The van der Waals surface area contributed by atoms with Gasteiger partial charge in [-0.15, -0.1) is 0 Å². The maximum atomic E-state index is 5.68. The Bertz CT molecular complexity index is 259. The summed E-state index contributed by atoms with van der Waals surface area (Å²) in [7, 11) is 0. The second-order valence-electron chi connectivity index (χ2n) is 4.29. The van der Waals surface area contributed by atoms with E-state index in [1.807, 2.05) is 13.0 Å². The van der Waals surface area contributed by atoms with Gasteiger partial charge in [-0.1, -0.05) is 13.8 Å². The number of nitrogens with one attached hydrogen (secondary N) is 2. The Hall–Kier alpha value is -0.870. The van der Waals surface area contributed by atoms with Gasteiger partial charge in [0, 0.05) is 25.0 Å². The lowest BCUT2D eigenvalue weighted by Gasteiger charge is -2.20. The Labute approximate surface area is 97.8 Å². The van der Waals surface area contributed by atoms with Gasteiger partial charge in [0.15, 0.2) is 0 Å². The Morgan fingerprint density at radius 2 is 2.31 bits per heavy atom. The standard InChI is InChI=1S/C12H23N3O/c1-4-16-12(10(2)3)6-7-13-9-11-5-8-14-15-11/h5,8,10,12-13H,4,6-7,9H2,1-3H3,(H,14,15). The molecule has 0 spiro atoms. The van der Waals surface area contributed by atoms with E-state index in [1.54, 1.807) is 6.20 Å². The number of nitrogens with zero attached hydrogens (tertiary/aromatic N) is 1. The van der Waals surface area contributed by atoms with Crippen molar-refractivity contribution in [1.29, 1.82) is 0 Å². The molecule has 0 aliphatic heterocycles. The Balaban J connectivity index is 2.13. The van der Waals surface area contributed by atoms with Gasteiger partial charge in [-0.05, 0) is 31.9 Å². The van der Waals surface area contributed by atoms with Crippen LogP contribution in [0.3, 0.4) is 0 Å². The molecule has 1 atom stereocenters. The maximum Gasteiger partial charge on any atom is 0.0609 e. The van der Waals surface area contributed by atoms with Crippen molar-refractivity contribution in [3.63, 3.8) is 0 Å². The molecular formula is C12H23N3O. The highest BCUT2D eigenvalue weighted by Gasteiger charge is 2.12. The lowest BCUT2D eigenvalue weighted by molar-refractivity contribution is 0.0250. The molecule has 0 aliphatic rings. The molecule has 4 nitrogen and oxygen atoms in total. The molecule has 1 rings (SSSR count). The van der Waals surface area contributed by atoms with E-state index in [0.717, 1.165) is 31.8 Å². The first kappa shape index (κ1) is 13.2. The van der Waals surface area contributed by atoms with E-state index in [-0.39, 0.29) is 0 Å². The molecule has 0 fully saturated rings. The van der Waals surface area contributed by atoms with Crippen molar-refractivity contribution < 1.29 is 4.74 Å². The third kappa shape index (κ3) is 4.77. The molecule has 1 unspecified atom stereocenters. The minimum absolute atomic E-state index is 0.360. The van der Waals surface area contributed by atoms with Crippen LogP contribution in [-0.4, -0.2) is 29.5 Å². The fourth-order valence-corrected chi connectivity index (χ4v) is 1.67. The quantitative estimate of drug-likeness (QED) is 0.665. The smallest absolute Gasteiger partial charge is 0.0609 e. The van der Waals surface area contributed by atoms with Crippen LogP contribution in [0.25, 0.3) is 0 Å². The molecule has 16 heavy (non-hydrogen) atoms. The number of aromatic nitrogens is 2. The van der Waals surface area contributed by atoms with E-state index in [4.69, 9.17) is 4.74 Å². The molecule has 1 aromatic heterocycles. The molecule has 0 radical (unpaired) electrons. The van der Waals surface area contributed by atoms with Crippen molar-refractivity contribution in [3.8, 4) is 0 Å². The first-order valence-corrected chi connectivity index (χ1v) is 6.04. The molecule has 0 saturated heterocycles. The summed E-state index contributed by atoms with van der Waals surface area (Å²) in [5.74, 6) is 0.578. The minimum Gasteiger partial charge on any atom is -0.378 e. The number of hydrogen-bond donors (Lipinski definition) is 2. The van der Waals surface area contributed by atoms with Gasteiger partial charge in [-0.3, -0.25) is 5.10 Å². The fourth-order valence-electron chi connectivity index (χ4n) is 1.67. The molecule has 4 heteroatoms. The summed E-state index contributed by atoms with van der Waals surface area (Å²) in [4.78, 5) is 0. The Kier molecular flexibility index (Phi) is 6.11. The fraction of sp³-hybridized carbons (Fsp3) is 0.750. The van der Waals surface area contributed by atoms with Crippen molar-refractivity contribution in [2.45, 2.75) is 39.8 Å². The van der Waals surface area contributed by atoms with Crippen molar-refractivity contribution >= 4 is 0 Å². The van der Waals surface area contributed by atoms with E-state index in [9.17, 15) is 0 Å². The molecule has 0 aromatic carbocycles. The van der Waals surface area contributed by atoms with Gasteiger partial charge >= 0.3 is 0 Å². The van der Waals surface area contributed by atoms with Gasteiger partial charge in [-0.25, -0.2) is 0 Å². The van der Waals surface area contributed by atoms with Crippen LogP contribution in [0.5, 0.6) is 0 Å². The van der Waals surface area contributed by atoms with Crippen molar-refractivity contribution in [2.24, 2.45) is 5.92 Å². The third-order valence-electron chi connectivity index (χ3n) is 2.60. The van der Waals surface area contributed by atoms with Crippen LogP contribution in [0.4, 0.5) is 0 Å². The zero-order chi connectivity index (χ0) is 11.8. The van der Waals surface area contributed by atoms with E-state index in [2.05, 4.69) is 29.4 Å². The van der Waals surface area contributed by atoms with Crippen LogP contribution in [0, 0.1) is 5.92 Å². The van der Waals surface area contributed by atoms with Gasteiger partial charge in [0.1, 0.15) is 0 Å². The van der Waals surface area contributed by atoms with Gasteiger partial charge in [0.2, 0.25) is 0 Å². The molecule has 92 valence electrons. The summed E-state index contributed by atoms with van der Waals surface area (Å²) in [5, 5.41) is 10.2. The van der Waals surface area contributed by atoms with E-state index >= 15 is 0 Å². The zero-order valence-corrected chi connectivity index (χ0v) is 10.5. The molecule has 1 aromatic rings. The summed E-state index contributed by atoms with van der Waals surface area (Å²) >= 11 is 0. The van der Waals surface area contributed by atoms with Crippen molar-refractivity contribution in [2.75, 3.05) is 13.2 Å². The van der Waals surface area contributed by atoms with E-state index in [1.165, 1.54) is 0 Å². The normalized spacial score (nSPS) is 13.2. The van der Waals surface area contributed by atoms with Crippen LogP contribution in [0.1, 0.15) is 32.9 Å². The van der Waals surface area contributed by atoms with Crippen LogP contribution in [-0.2, 0) is 11.3 Å². The summed E-state index contributed by atoms with van der Waals surface area (Å²) in [6.45, 7) is 9.07. The van der Waals surface area contributed by atoms with Gasteiger partial charge in [0.05, 0.1) is 6.10 Å². The first-order valence-electron chi connectivity index (χ1n) is 6.04. The number of aromatic amines is 1. The van der Waals surface area contributed by atoms with Crippen LogP contribution in [0.15, 0.2) is 12.3 Å². The third-order valence-corrected chi connectivity index (χ3v) is 2.60. The highest BCUT2D eigenvalue weighted by atomic mass is 16.5. The number of ether oxygens (including phenoxy) is 1. The monoisotopic (exact) mass is 225 g/mol. The predicted octanol–water partition coefficient (Wildman–Crippen LogP) is 1.95. The average Bonchev–Trinajstić information content (AvgIpc) is 2.75. The van der Waals surface area contributed by atoms with Gasteiger partial charge < -0.3 is 10.1 Å². The Morgan fingerprint density at radius 3 is 2.88 bits per heavy atom. The second-order valence-corrected chi connectivity index (χ2v) is 4.29. The molecule has 0 bridgehead atoms. The molecule has 0 saturated carbocycles. The molecule has 0 aliphatic carbocycles. The van der Waals surface area contributed by atoms with Crippen molar-refractivity contribution in [1.82, 2.24) is 15.5 Å². The highest BCUT2D eigenvalue weighted by molar-refractivity contribution is 4.96. The molecule has 2 N–H and O–H groups in total. The lowest BCUT2D eigenvalue weighted by Crippen LogP contribution is -2.26. The highest BCUT2D eigenvalue weighted by Crippen LogP contribution is 2.09. The minimum atomic E-state index is 0.360. The summed E-state index contributed by atoms with van der Waals surface area (Å²) in [5.41, 5.74) is 1.12. The predicted molar refractivity (Wildman–Crippen MR) is 65.2 cm³/mol. The Morgan fingerprint density at radius 1 is 1.50 bits per heavy atom. The summed E-state index contributed by atoms with van der Waals surface area (Å²) < 4.78 is 5.68. The summed E-state index contributed by atoms with van der Waals surface area (Å²) in [6.07, 6.45) is 3.19. The maximum absolute atomic E-state index is 5.68. The van der Waals surface area contributed by atoms with Crippen LogP contribution < -0.4 is 5.32 Å². The van der Waals surface area contributed by atoms with Gasteiger partial charge in [-0.2, -0.15) is 5.10 Å². The number of H-pyrrole nitrogens is 1. The topological polar surface area (TPSA) is 49.9 Å². The van der Waals surface area contributed by atoms with E-state index in [0.29, 0.717) is 12.0 Å². The average molecular weight is 225 g/mol. The second kappa shape index (κ2) is 7.41. The summed E-state index contributed by atoms with van der Waals surface area (Å²) in [6, 6.07) is 1.98. The largest absolute Gasteiger partial charge is 0.378 e. The number of hydrogen-bond acceptors (Lipinski definition) is 3. The molecular weight excluding hydrogens is 202 g/mol. The first-order chi connectivity index (χ1) is 7.74. The number of rotatable bonds is 8. The SMILES string of the molecule is CCOC(CCNCc1ccn[nH]1)C(C)C. The van der Waals surface area contributed by atoms with Crippen LogP contribution >= 0.6 is 0 Å². The lowest BCUT2D eigenvalue weighted by atomic mass is 10.0. The van der Waals surface area contributed by atoms with Crippen LogP contribution in [0.2, 0.25) is 0 Å². The van der Waals surface area contributed by atoms with E-state index < -0.39 is 0 Å². The van der Waals surface area contributed by atoms with Gasteiger partial charge in [0.25, 0.3) is 0 Å². The molecule has 1 heterocycles. The zero-order valence-electron chi connectivity index (χ0n) is 10.5. The molecule has 0 amide bonds. The van der Waals surface area contributed by atoms with Crippen molar-refractivity contribution in [3.05, 3.63) is 18.0 Å².